The number of hydrogen-bond acceptors (Lipinski definition) is 5. The molecule has 0 fully saturated rings. The Morgan fingerprint density at radius 3 is 2.33 bits per heavy atom. The number of benzene rings is 2. The number of hydrogen-bond donors (Lipinski definition) is 0. The van der Waals surface area contributed by atoms with Crippen molar-refractivity contribution in [3.63, 3.8) is 0 Å². The molecular formula is C18H12F3N5O. The van der Waals surface area contributed by atoms with Gasteiger partial charge < -0.3 is 4.52 Å². The van der Waals surface area contributed by atoms with Crippen molar-refractivity contribution in [1.82, 2.24) is 25.1 Å². The summed E-state index contributed by atoms with van der Waals surface area (Å²) in [6.45, 7) is 0.463. The van der Waals surface area contributed by atoms with Crippen LogP contribution in [0.3, 0.4) is 0 Å². The third-order valence-electron chi connectivity index (χ3n) is 3.90. The first-order valence-electron chi connectivity index (χ1n) is 7.95. The Morgan fingerprint density at radius 2 is 1.67 bits per heavy atom. The minimum Gasteiger partial charge on any atom is -0.329 e. The van der Waals surface area contributed by atoms with Crippen LogP contribution in [0.1, 0.15) is 11.5 Å². The monoisotopic (exact) mass is 371 g/mol. The first kappa shape index (κ1) is 17.0. The summed E-state index contributed by atoms with van der Waals surface area (Å²) in [5.74, 6) is -1.48. The largest absolute Gasteiger partial charge is 0.471 e. The van der Waals surface area contributed by atoms with Crippen LogP contribution < -0.4 is 0 Å². The Hall–Kier alpha value is -3.49. The van der Waals surface area contributed by atoms with Gasteiger partial charge in [-0.2, -0.15) is 18.2 Å². The predicted molar refractivity (Wildman–Crippen MR) is 89.3 cm³/mol. The van der Waals surface area contributed by atoms with E-state index in [4.69, 9.17) is 0 Å². The fraction of sp³-hybridized carbons (Fsp3) is 0.111. The highest BCUT2D eigenvalue weighted by Crippen LogP contribution is 2.29. The molecule has 0 radical (unpaired) electrons. The highest BCUT2D eigenvalue weighted by atomic mass is 19.4. The zero-order valence-corrected chi connectivity index (χ0v) is 13.8. The lowest BCUT2D eigenvalue weighted by Crippen LogP contribution is -2.05. The first-order chi connectivity index (χ1) is 13.0. The molecule has 4 rings (SSSR count). The summed E-state index contributed by atoms with van der Waals surface area (Å²) in [4.78, 5) is 3.38. The fourth-order valence-corrected chi connectivity index (χ4v) is 2.59. The molecule has 0 aliphatic rings. The maximum absolute atomic E-state index is 12.6. The zero-order valence-electron chi connectivity index (χ0n) is 13.8. The number of rotatable bonds is 4. The lowest BCUT2D eigenvalue weighted by Gasteiger charge is -2.07. The summed E-state index contributed by atoms with van der Waals surface area (Å²) in [6, 6.07) is 16.5. The SMILES string of the molecule is FC(F)(F)c1nc(-c2ccc(Cn3nncc3-c3ccccc3)cc2)no1. The van der Waals surface area contributed by atoms with Crippen LogP contribution in [-0.2, 0) is 12.7 Å². The highest BCUT2D eigenvalue weighted by molar-refractivity contribution is 5.58. The van der Waals surface area contributed by atoms with E-state index < -0.39 is 12.1 Å². The third kappa shape index (κ3) is 3.57. The van der Waals surface area contributed by atoms with E-state index in [-0.39, 0.29) is 5.82 Å². The first-order valence-corrected chi connectivity index (χ1v) is 7.95. The van der Waals surface area contributed by atoms with E-state index >= 15 is 0 Å². The maximum atomic E-state index is 12.6. The normalized spacial score (nSPS) is 11.7. The second kappa shape index (κ2) is 6.67. The van der Waals surface area contributed by atoms with Gasteiger partial charge in [0.2, 0.25) is 5.82 Å². The highest BCUT2D eigenvalue weighted by Gasteiger charge is 2.38. The van der Waals surface area contributed by atoms with E-state index in [1.54, 1.807) is 35.1 Å². The van der Waals surface area contributed by atoms with Crippen molar-refractivity contribution in [2.45, 2.75) is 12.7 Å². The molecule has 0 saturated heterocycles. The van der Waals surface area contributed by atoms with E-state index in [1.807, 2.05) is 30.3 Å². The molecule has 0 bridgehead atoms. The van der Waals surface area contributed by atoms with Crippen LogP contribution in [0.4, 0.5) is 13.2 Å². The van der Waals surface area contributed by atoms with E-state index in [0.717, 1.165) is 16.8 Å². The molecule has 2 aromatic heterocycles. The van der Waals surface area contributed by atoms with Crippen molar-refractivity contribution in [1.29, 1.82) is 0 Å². The predicted octanol–water partition coefficient (Wildman–Crippen LogP) is 4.06. The van der Waals surface area contributed by atoms with Gasteiger partial charge in [-0.25, -0.2) is 4.68 Å². The van der Waals surface area contributed by atoms with Crippen molar-refractivity contribution in [2.24, 2.45) is 0 Å². The van der Waals surface area contributed by atoms with Gasteiger partial charge in [0.15, 0.2) is 0 Å². The van der Waals surface area contributed by atoms with Gasteiger partial charge in [-0.3, -0.25) is 0 Å². The van der Waals surface area contributed by atoms with Crippen molar-refractivity contribution in [2.75, 3.05) is 0 Å². The van der Waals surface area contributed by atoms with Gasteiger partial charge in [-0.05, 0) is 5.56 Å². The average Bonchev–Trinajstić information content (AvgIpc) is 3.32. The Bertz CT molecular complexity index is 1040. The van der Waals surface area contributed by atoms with Crippen LogP contribution >= 0.6 is 0 Å². The fourth-order valence-electron chi connectivity index (χ4n) is 2.59. The van der Waals surface area contributed by atoms with Crippen LogP contribution in [0.5, 0.6) is 0 Å². The molecule has 27 heavy (non-hydrogen) atoms. The smallest absolute Gasteiger partial charge is 0.329 e. The average molecular weight is 371 g/mol. The minimum absolute atomic E-state index is 0.111. The molecule has 4 aromatic rings. The topological polar surface area (TPSA) is 69.6 Å². The summed E-state index contributed by atoms with van der Waals surface area (Å²) >= 11 is 0. The van der Waals surface area contributed by atoms with Gasteiger partial charge >= 0.3 is 12.1 Å². The summed E-state index contributed by atoms with van der Waals surface area (Å²) in [5, 5.41) is 11.4. The molecule has 9 heteroatoms. The molecule has 0 saturated carbocycles. The molecule has 136 valence electrons. The van der Waals surface area contributed by atoms with Gasteiger partial charge in [0.1, 0.15) is 0 Å². The lowest BCUT2D eigenvalue weighted by molar-refractivity contribution is -0.159. The molecule has 0 aliphatic heterocycles. The second-order valence-corrected chi connectivity index (χ2v) is 5.76. The number of alkyl halides is 3. The summed E-state index contributed by atoms with van der Waals surface area (Å²) in [7, 11) is 0. The van der Waals surface area contributed by atoms with Crippen molar-refractivity contribution < 1.29 is 17.7 Å². The Morgan fingerprint density at radius 1 is 0.926 bits per heavy atom. The molecular weight excluding hydrogens is 359 g/mol. The second-order valence-electron chi connectivity index (χ2n) is 5.76. The Labute approximate surface area is 151 Å². The lowest BCUT2D eigenvalue weighted by atomic mass is 10.1. The summed E-state index contributed by atoms with van der Waals surface area (Å²) in [5.41, 5.74) is 3.19. The van der Waals surface area contributed by atoms with Crippen LogP contribution in [0.25, 0.3) is 22.6 Å². The molecule has 0 N–H and O–H groups in total. The van der Waals surface area contributed by atoms with E-state index in [9.17, 15) is 13.2 Å². The Balaban J connectivity index is 1.54. The van der Waals surface area contributed by atoms with Crippen LogP contribution in [-0.4, -0.2) is 25.1 Å². The molecule has 2 aromatic carbocycles. The van der Waals surface area contributed by atoms with Gasteiger partial charge in [0.25, 0.3) is 0 Å². The van der Waals surface area contributed by atoms with E-state index in [2.05, 4.69) is 25.0 Å². The quantitative estimate of drug-likeness (QED) is 0.541. The standard InChI is InChI=1S/C18H12F3N5O/c19-18(20,21)17-23-16(24-27-17)14-8-6-12(7-9-14)11-26-15(10-22-25-26)13-4-2-1-3-5-13/h1-10H,11H2. The van der Waals surface area contributed by atoms with Gasteiger partial charge in [0, 0.05) is 11.1 Å². The molecule has 6 nitrogen and oxygen atoms in total. The summed E-state index contributed by atoms with van der Waals surface area (Å²) < 4.78 is 43.7. The van der Waals surface area contributed by atoms with E-state index in [0.29, 0.717) is 12.1 Å². The molecule has 0 amide bonds. The van der Waals surface area contributed by atoms with Gasteiger partial charge in [-0.1, -0.05) is 65.0 Å². The molecule has 0 aliphatic carbocycles. The summed E-state index contributed by atoms with van der Waals surface area (Å²) in [6.07, 6.45) is -2.98. The van der Waals surface area contributed by atoms with Crippen LogP contribution in [0, 0.1) is 0 Å². The van der Waals surface area contributed by atoms with Crippen molar-refractivity contribution in [3.8, 4) is 22.6 Å². The van der Waals surface area contributed by atoms with Crippen LogP contribution in [0.2, 0.25) is 0 Å². The van der Waals surface area contributed by atoms with Crippen LogP contribution in [0.15, 0.2) is 65.3 Å². The van der Waals surface area contributed by atoms with Gasteiger partial charge in [0.05, 0.1) is 18.4 Å². The third-order valence-corrected chi connectivity index (χ3v) is 3.90. The van der Waals surface area contributed by atoms with E-state index in [1.165, 1.54) is 0 Å². The number of aromatic nitrogens is 5. The molecule has 0 unspecified atom stereocenters. The zero-order chi connectivity index (χ0) is 18.9. The molecule has 2 heterocycles. The number of halogens is 3. The van der Waals surface area contributed by atoms with Gasteiger partial charge in [-0.15, -0.1) is 5.10 Å². The molecule has 0 atom stereocenters. The minimum atomic E-state index is -4.66. The number of nitrogens with zero attached hydrogens (tertiary/aromatic N) is 5. The van der Waals surface area contributed by atoms with Crippen molar-refractivity contribution in [3.05, 3.63) is 72.2 Å². The van der Waals surface area contributed by atoms with Crippen molar-refractivity contribution >= 4 is 0 Å². The Kier molecular flexibility index (Phi) is 4.19. The molecule has 0 spiro atoms. The maximum Gasteiger partial charge on any atom is 0.471 e.